The normalized spacial score (nSPS) is 18.8. The third-order valence-electron chi connectivity index (χ3n) is 6.30. The molecule has 4 rings (SSSR count). The van der Waals surface area contributed by atoms with Crippen LogP contribution in [-0.4, -0.2) is 47.4 Å². The van der Waals surface area contributed by atoms with Crippen LogP contribution in [0.4, 0.5) is 4.79 Å². The number of urea groups is 1. The van der Waals surface area contributed by atoms with E-state index in [1.165, 1.54) is 16.9 Å². The highest BCUT2D eigenvalue weighted by Crippen LogP contribution is 2.37. The fourth-order valence-corrected chi connectivity index (χ4v) is 5.63. The zero-order chi connectivity index (χ0) is 21.6. The van der Waals surface area contributed by atoms with Crippen molar-refractivity contribution in [1.82, 2.24) is 15.1 Å². The van der Waals surface area contributed by atoms with E-state index in [0.717, 1.165) is 37.7 Å². The van der Waals surface area contributed by atoms with Crippen molar-refractivity contribution in [2.75, 3.05) is 19.6 Å². The minimum absolute atomic E-state index is 0.0219. The number of fused-ring (bicyclic) bond motifs is 1. The average molecular weight is 438 g/mol. The Kier molecular flexibility index (Phi) is 7.07. The highest BCUT2D eigenvalue weighted by molar-refractivity contribution is 7.10. The van der Waals surface area contributed by atoms with Crippen LogP contribution >= 0.6 is 11.3 Å². The standard InChI is InChI=1S/C25H31N3O2S/c1-2-15-27(25(30)26-20-11-7-4-8-12-20)18-23(29)28-16-13-22-21(14-17-31-22)24(28)19-9-5-3-6-10-19/h2-3,5-6,9-10,14,17,20,24H,1,4,7-8,11-13,15-16,18H2,(H,26,30). The van der Waals surface area contributed by atoms with Crippen molar-refractivity contribution in [2.24, 2.45) is 0 Å². The number of carbonyl (C=O) groups is 2. The second-order valence-corrected chi connectivity index (χ2v) is 9.40. The number of benzene rings is 1. The zero-order valence-electron chi connectivity index (χ0n) is 18.0. The maximum atomic E-state index is 13.5. The first-order chi connectivity index (χ1) is 15.2. The molecular weight excluding hydrogens is 406 g/mol. The van der Waals surface area contributed by atoms with E-state index in [0.29, 0.717) is 13.1 Å². The molecule has 0 spiro atoms. The van der Waals surface area contributed by atoms with Gasteiger partial charge in [-0.15, -0.1) is 17.9 Å². The van der Waals surface area contributed by atoms with E-state index < -0.39 is 0 Å². The van der Waals surface area contributed by atoms with Gasteiger partial charge in [-0.2, -0.15) is 0 Å². The number of nitrogens with one attached hydrogen (secondary N) is 1. The Balaban J connectivity index is 1.50. The summed E-state index contributed by atoms with van der Waals surface area (Å²) < 4.78 is 0. The molecule has 1 saturated carbocycles. The second kappa shape index (κ2) is 10.1. The van der Waals surface area contributed by atoms with Gasteiger partial charge in [0.2, 0.25) is 5.91 Å². The smallest absolute Gasteiger partial charge is 0.318 e. The number of carbonyl (C=O) groups excluding carboxylic acids is 2. The molecule has 6 heteroatoms. The van der Waals surface area contributed by atoms with Crippen LogP contribution in [0.15, 0.2) is 54.4 Å². The maximum absolute atomic E-state index is 13.5. The van der Waals surface area contributed by atoms with E-state index in [1.807, 2.05) is 23.1 Å². The van der Waals surface area contributed by atoms with Gasteiger partial charge in [0.25, 0.3) is 0 Å². The fraction of sp³-hybridized carbons (Fsp3) is 0.440. The van der Waals surface area contributed by atoms with Crippen LogP contribution in [0, 0.1) is 0 Å². The third kappa shape index (κ3) is 5.01. The van der Waals surface area contributed by atoms with Crippen LogP contribution in [-0.2, 0) is 11.2 Å². The number of rotatable bonds is 6. The molecule has 2 aliphatic rings. The van der Waals surface area contributed by atoms with Crippen LogP contribution in [0.1, 0.15) is 54.1 Å². The highest BCUT2D eigenvalue weighted by atomic mass is 32.1. The lowest BCUT2D eigenvalue weighted by Gasteiger charge is -2.37. The summed E-state index contributed by atoms with van der Waals surface area (Å²) in [6.45, 7) is 4.88. The molecule has 5 nitrogen and oxygen atoms in total. The van der Waals surface area contributed by atoms with Crippen molar-refractivity contribution in [1.29, 1.82) is 0 Å². The molecule has 0 saturated heterocycles. The Hall–Kier alpha value is -2.60. The fourth-order valence-electron chi connectivity index (χ4n) is 4.72. The van der Waals surface area contributed by atoms with Gasteiger partial charge in [-0.1, -0.05) is 55.7 Å². The van der Waals surface area contributed by atoms with E-state index in [1.54, 1.807) is 22.3 Å². The van der Waals surface area contributed by atoms with Gasteiger partial charge in [-0.25, -0.2) is 4.79 Å². The number of hydrogen-bond donors (Lipinski definition) is 1. The van der Waals surface area contributed by atoms with Crippen molar-refractivity contribution in [3.8, 4) is 0 Å². The average Bonchev–Trinajstić information content (AvgIpc) is 3.28. The van der Waals surface area contributed by atoms with Gasteiger partial charge in [-0.05, 0) is 41.8 Å². The number of thiophene rings is 1. The molecule has 31 heavy (non-hydrogen) atoms. The zero-order valence-corrected chi connectivity index (χ0v) is 18.8. The molecule has 164 valence electrons. The first-order valence-corrected chi connectivity index (χ1v) is 12.1. The Morgan fingerprint density at radius 2 is 1.94 bits per heavy atom. The van der Waals surface area contributed by atoms with Crippen LogP contribution < -0.4 is 5.32 Å². The molecule has 0 bridgehead atoms. The summed E-state index contributed by atoms with van der Waals surface area (Å²) in [4.78, 5) is 31.3. The summed E-state index contributed by atoms with van der Waals surface area (Å²) in [5.41, 5.74) is 2.31. The van der Waals surface area contributed by atoms with E-state index in [9.17, 15) is 9.59 Å². The first-order valence-electron chi connectivity index (χ1n) is 11.2. The van der Waals surface area contributed by atoms with E-state index in [-0.39, 0.29) is 30.6 Å². The van der Waals surface area contributed by atoms with Gasteiger partial charge in [-0.3, -0.25) is 4.79 Å². The van der Waals surface area contributed by atoms with E-state index in [4.69, 9.17) is 0 Å². The Morgan fingerprint density at radius 3 is 2.68 bits per heavy atom. The van der Waals surface area contributed by atoms with Crippen LogP contribution in [0.2, 0.25) is 0 Å². The molecule has 1 aliphatic carbocycles. The first kappa shape index (κ1) is 21.6. The summed E-state index contributed by atoms with van der Waals surface area (Å²) in [5.74, 6) is -0.0219. The summed E-state index contributed by atoms with van der Waals surface area (Å²) >= 11 is 1.76. The van der Waals surface area contributed by atoms with Crippen molar-refractivity contribution < 1.29 is 9.59 Å². The van der Waals surface area contributed by atoms with Crippen LogP contribution in [0.3, 0.4) is 0 Å². The highest BCUT2D eigenvalue weighted by Gasteiger charge is 2.34. The molecule has 1 N–H and O–H groups in total. The quantitative estimate of drug-likeness (QED) is 0.663. The number of hydrogen-bond acceptors (Lipinski definition) is 3. The van der Waals surface area contributed by atoms with Gasteiger partial charge < -0.3 is 15.1 Å². The van der Waals surface area contributed by atoms with Crippen LogP contribution in [0.5, 0.6) is 0 Å². The molecule has 3 amide bonds. The van der Waals surface area contributed by atoms with Gasteiger partial charge in [0.1, 0.15) is 6.54 Å². The van der Waals surface area contributed by atoms with Gasteiger partial charge in [0.15, 0.2) is 0 Å². The van der Waals surface area contributed by atoms with Crippen molar-refractivity contribution >= 4 is 23.3 Å². The molecule has 1 aliphatic heterocycles. The third-order valence-corrected chi connectivity index (χ3v) is 7.29. The lowest BCUT2D eigenvalue weighted by atomic mass is 9.93. The van der Waals surface area contributed by atoms with Gasteiger partial charge in [0.05, 0.1) is 6.04 Å². The second-order valence-electron chi connectivity index (χ2n) is 8.40. The number of nitrogens with zero attached hydrogens (tertiary/aromatic N) is 2. The lowest BCUT2D eigenvalue weighted by Crippen LogP contribution is -2.51. The van der Waals surface area contributed by atoms with Crippen molar-refractivity contribution in [3.63, 3.8) is 0 Å². The largest absolute Gasteiger partial charge is 0.335 e. The predicted molar refractivity (Wildman–Crippen MR) is 125 cm³/mol. The topological polar surface area (TPSA) is 52.7 Å². The molecule has 1 aromatic heterocycles. The Bertz CT molecular complexity index is 905. The molecule has 1 atom stereocenters. The summed E-state index contributed by atoms with van der Waals surface area (Å²) in [5, 5.41) is 5.24. The van der Waals surface area contributed by atoms with E-state index >= 15 is 0 Å². The predicted octanol–water partition coefficient (Wildman–Crippen LogP) is 4.75. The van der Waals surface area contributed by atoms with Gasteiger partial charge >= 0.3 is 6.03 Å². The summed E-state index contributed by atoms with van der Waals surface area (Å²) in [6, 6.07) is 12.3. The maximum Gasteiger partial charge on any atom is 0.318 e. The molecule has 2 heterocycles. The van der Waals surface area contributed by atoms with Crippen molar-refractivity contribution in [3.05, 3.63) is 70.4 Å². The minimum atomic E-state index is -0.162. The van der Waals surface area contributed by atoms with E-state index in [2.05, 4.69) is 35.5 Å². The minimum Gasteiger partial charge on any atom is -0.335 e. The van der Waals surface area contributed by atoms with Crippen LogP contribution in [0.25, 0.3) is 0 Å². The monoisotopic (exact) mass is 437 g/mol. The molecule has 1 aromatic carbocycles. The molecular formula is C25H31N3O2S. The SMILES string of the molecule is C=CCN(CC(=O)N1CCc2sccc2C1c1ccccc1)C(=O)NC1CCCCC1. The summed E-state index contributed by atoms with van der Waals surface area (Å²) in [7, 11) is 0. The Morgan fingerprint density at radius 1 is 1.16 bits per heavy atom. The number of amides is 3. The van der Waals surface area contributed by atoms with Crippen molar-refractivity contribution in [2.45, 2.75) is 50.6 Å². The molecule has 2 aromatic rings. The molecule has 1 unspecified atom stereocenters. The van der Waals surface area contributed by atoms with Gasteiger partial charge in [0, 0.05) is 24.0 Å². The molecule has 1 fully saturated rings. The lowest BCUT2D eigenvalue weighted by molar-refractivity contribution is -0.133. The summed E-state index contributed by atoms with van der Waals surface area (Å²) in [6.07, 6.45) is 8.13. The molecule has 0 radical (unpaired) electrons. The Labute approximate surface area is 188 Å².